The van der Waals surface area contributed by atoms with Crippen molar-refractivity contribution in [3.63, 3.8) is 0 Å². The highest BCUT2D eigenvalue weighted by Crippen LogP contribution is 2.42. The van der Waals surface area contributed by atoms with Gasteiger partial charge >= 0.3 is 6.18 Å². The molecule has 0 radical (unpaired) electrons. The first-order valence-corrected chi connectivity index (χ1v) is 9.69. The maximum Gasteiger partial charge on any atom is 0.411 e. The molecule has 0 aliphatic carbocycles. The number of nitrogens with zero attached hydrogens (tertiary/aromatic N) is 3. The number of nitrogens with two attached hydrogens (primary N) is 1. The zero-order chi connectivity index (χ0) is 24.9. The number of amidine groups is 1. The van der Waals surface area contributed by atoms with Crippen LogP contribution in [0.4, 0.5) is 27.6 Å². The van der Waals surface area contributed by atoms with Gasteiger partial charge in [0.05, 0.1) is 12.4 Å². The first-order chi connectivity index (χ1) is 16.1. The first kappa shape index (κ1) is 24.7. The summed E-state index contributed by atoms with van der Waals surface area (Å²) in [6.45, 7) is 0.188. The molecule has 0 saturated carbocycles. The molecule has 1 aromatic carbocycles. The van der Waals surface area contributed by atoms with Crippen molar-refractivity contribution in [2.24, 2.45) is 10.7 Å². The quantitative estimate of drug-likeness (QED) is 0.483. The Morgan fingerprint density at radius 2 is 2.12 bits per heavy atom. The molecule has 0 saturated heterocycles. The summed E-state index contributed by atoms with van der Waals surface area (Å²) in [5, 5.41) is 2.40. The van der Waals surface area contributed by atoms with Gasteiger partial charge in [-0.25, -0.2) is 23.7 Å². The summed E-state index contributed by atoms with van der Waals surface area (Å²) in [6.07, 6.45) is -3.59. The van der Waals surface area contributed by atoms with Gasteiger partial charge in [0.15, 0.2) is 18.2 Å². The maximum atomic E-state index is 14.6. The average Bonchev–Trinajstić information content (AvgIpc) is 2.80. The molecule has 1 aliphatic heterocycles. The van der Waals surface area contributed by atoms with Crippen molar-refractivity contribution in [2.75, 3.05) is 18.6 Å². The molecule has 13 heteroatoms. The molecule has 1 aromatic heterocycles. The number of amides is 1. The third kappa shape index (κ3) is 5.51. The van der Waals surface area contributed by atoms with Crippen LogP contribution in [-0.2, 0) is 10.3 Å². The van der Waals surface area contributed by atoms with E-state index in [0.717, 1.165) is 24.4 Å². The van der Waals surface area contributed by atoms with Crippen molar-refractivity contribution in [2.45, 2.75) is 31.2 Å². The molecule has 3 rings (SSSR count). The van der Waals surface area contributed by atoms with Crippen LogP contribution in [0.5, 0.6) is 5.88 Å². The van der Waals surface area contributed by atoms with Gasteiger partial charge in [-0.1, -0.05) is 5.92 Å². The van der Waals surface area contributed by atoms with E-state index in [-0.39, 0.29) is 23.9 Å². The summed E-state index contributed by atoms with van der Waals surface area (Å²) < 4.78 is 78.6. The summed E-state index contributed by atoms with van der Waals surface area (Å²) in [6, 6.07) is -0.365. The van der Waals surface area contributed by atoms with E-state index in [2.05, 4.69) is 32.1 Å². The summed E-state index contributed by atoms with van der Waals surface area (Å²) in [5.74, 6) is 3.60. The molecule has 0 fully saturated rings. The third-order valence-corrected chi connectivity index (χ3v) is 4.74. The van der Waals surface area contributed by atoms with Gasteiger partial charge in [0.25, 0.3) is 11.9 Å². The van der Waals surface area contributed by atoms with Crippen molar-refractivity contribution in [3.8, 4) is 17.7 Å². The molecule has 1 aliphatic rings. The van der Waals surface area contributed by atoms with Gasteiger partial charge in [-0.3, -0.25) is 4.79 Å². The number of benzene rings is 1. The molecule has 2 aromatic rings. The topological polar surface area (TPSA) is 112 Å². The van der Waals surface area contributed by atoms with E-state index in [9.17, 15) is 26.7 Å². The van der Waals surface area contributed by atoms with Crippen LogP contribution in [0.1, 0.15) is 29.4 Å². The van der Waals surface area contributed by atoms with E-state index in [1.165, 1.54) is 6.20 Å². The Balaban J connectivity index is 1.83. The lowest BCUT2D eigenvalue weighted by atomic mass is 9.86. The van der Waals surface area contributed by atoms with Crippen LogP contribution in [0.15, 0.2) is 35.6 Å². The molecule has 0 spiro atoms. The fourth-order valence-electron chi connectivity index (χ4n) is 3.12. The number of rotatable bonds is 6. The van der Waals surface area contributed by atoms with Crippen LogP contribution in [0, 0.1) is 17.7 Å². The minimum absolute atomic E-state index is 0.0529. The summed E-state index contributed by atoms with van der Waals surface area (Å²) in [5.41, 5.74) is 2.20. The van der Waals surface area contributed by atoms with Gasteiger partial charge in [-0.2, -0.15) is 13.2 Å². The molecular formula is C21H18F5N5O3. The molecule has 180 valence electrons. The number of aliphatic imine (C=N–C) groups is 1. The second kappa shape index (κ2) is 9.90. The van der Waals surface area contributed by atoms with E-state index in [1.54, 1.807) is 6.92 Å². The Hall–Kier alpha value is -3.95. The zero-order valence-corrected chi connectivity index (χ0v) is 17.6. The number of nitrogens with one attached hydrogen (secondary N) is 1. The number of hydrogen-bond acceptors (Lipinski definition) is 7. The Morgan fingerprint density at radius 1 is 1.35 bits per heavy atom. The number of hydrogen-bond donors (Lipinski definition) is 2. The summed E-state index contributed by atoms with van der Waals surface area (Å²) >= 11 is 0. The predicted molar refractivity (Wildman–Crippen MR) is 110 cm³/mol. The van der Waals surface area contributed by atoms with E-state index in [4.69, 9.17) is 15.2 Å². The molecule has 34 heavy (non-hydrogen) atoms. The normalized spacial score (nSPS) is 19.8. The van der Waals surface area contributed by atoms with Crippen molar-refractivity contribution >= 4 is 17.6 Å². The number of carbonyl (C=O) groups is 1. The van der Waals surface area contributed by atoms with E-state index in [1.807, 2.05) is 0 Å². The standard InChI is InChI=1S/C21H18F5N5O3/c1-2-3-6-33-17-10-28-15(9-29-17)18(32)30-12-4-5-14(23)13(7-12)20(11-22)8-16(21(24,25)26)31-19(27)34-20/h4-5,7,9-10,16H,6,8,11H2,1H3,(H2,27,31)(H,30,32)/t16-,20+/m0/s1. The Bertz CT molecular complexity index is 1140. The highest BCUT2D eigenvalue weighted by molar-refractivity contribution is 6.02. The number of ether oxygens (including phenoxy) is 2. The lowest BCUT2D eigenvalue weighted by molar-refractivity contribution is -0.167. The summed E-state index contributed by atoms with van der Waals surface area (Å²) in [7, 11) is 0. The van der Waals surface area contributed by atoms with Crippen LogP contribution in [-0.4, -0.2) is 47.4 Å². The van der Waals surface area contributed by atoms with Crippen LogP contribution in [0.2, 0.25) is 0 Å². The Morgan fingerprint density at radius 3 is 2.74 bits per heavy atom. The van der Waals surface area contributed by atoms with Gasteiger partial charge < -0.3 is 20.5 Å². The SMILES string of the molecule is CC#CCOc1cnc(C(=O)Nc2ccc(F)c([C@]3(CF)C[C@@H](C(F)(F)F)N=C(N)O3)c2)cn1. The van der Waals surface area contributed by atoms with Crippen LogP contribution in [0.25, 0.3) is 0 Å². The molecular weight excluding hydrogens is 465 g/mol. The third-order valence-electron chi connectivity index (χ3n) is 4.74. The molecule has 3 N–H and O–H groups in total. The van der Waals surface area contributed by atoms with Crippen LogP contribution < -0.4 is 15.8 Å². The first-order valence-electron chi connectivity index (χ1n) is 9.69. The lowest BCUT2D eigenvalue weighted by Crippen LogP contribution is -2.48. The largest absolute Gasteiger partial charge is 0.463 e. The summed E-state index contributed by atoms with van der Waals surface area (Å²) in [4.78, 5) is 23.4. The molecule has 2 heterocycles. The minimum atomic E-state index is -4.85. The second-order valence-electron chi connectivity index (χ2n) is 7.06. The van der Waals surface area contributed by atoms with Crippen molar-refractivity contribution < 1.29 is 36.2 Å². The fourth-order valence-corrected chi connectivity index (χ4v) is 3.12. The van der Waals surface area contributed by atoms with E-state index < -0.39 is 54.2 Å². The van der Waals surface area contributed by atoms with E-state index >= 15 is 0 Å². The highest BCUT2D eigenvalue weighted by Gasteiger charge is 2.52. The highest BCUT2D eigenvalue weighted by atomic mass is 19.4. The molecule has 0 unspecified atom stereocenters. The monoisotopic (exact) mass is 483 g/mol. The molecule has 8 nitrogen and oxygen atoms in total. The molecule has 0 bridgehead atoms. The van der Waals surface area contributed by atoms with Crippen LogP contribution in [0.3, 0.4) is 0 Å². The number of alkyl halides is 4. The Labute approximate surface area is 190 Å². The van der Waals surface area contributed by atoms with Gasteiger partial charge in [-0.15, -0.1) is 5.92 Å². The average molecular weight is 483 g/mol. The van der Waals surface area contributed by atoms with E-state index in [0.29, 0.717) is 0 Å². The Kier molecular flexibility index (Phi) is 7.19. The predicted octanol–water partition coefficient (Wildman–Crippen LogP) is 3.10. The number of aromatic nitrogens is 2. The molecule has 1 amide bonds. The molecule has 2 atom stereocenters. The van der Waals surface area contributed by atoms with Gasteiger partial charge in [-0.05, 0) is 25.1 Å². The van der Waals surface area contributed by atoms with Crippen molar-refractivity contribution in [1.29, 1.82) is 0 Å². The zero-order valence-electron chi connectivity index (χ0n) is 17.6. The maximum absolute atomic E-state index is 14.6. The smallest absolute Gasteiger partial charge is 0.411 e. The van der Waals surface area contributed by atoms with Crippen molar-refractivity contribution in [3.05, 3.63) is 47.7 Å². The van der Waals surface area contributed by atoms with Gasteiger partial charge in [0.2, 0.25) is 5.88 Å². The second-order valence-corrected chi connectivity index (χ2v) is 7.06. The minimum Gasteiger partial charge on any atom is -0.463 e. The number of anilines is 1. The number of carbonyl (C=O) groups excluding carboxylic acids is 1. The van der Waals surface area contributed by atoms with Crippen molar-refractivity contribution in [1.82, 2.24) is 9.97 Å². The van der Waals surface area contributed by atoms with Gasteiger partial charge in [0, 0.05) is 17.7 Å². The van der Waals surface area contributed by atoms with Gasteiger partial charge in [0.1, 0.15) is 18.2 Å². The lowest BCUT2D eigenvalue weighted by Gasteiger charge is -2.38. The van der Waals surface area contributed by atoms with Crippen LogP contribution >= 0.6 is 0 Å². The number of halogens is 5. The fraction of sp³-hybridized carbons (Fsp3) is 0.333.